The summed E-state index contributed by atoms with van der Waals surface area (Å²) in [6.07, 6.45) is 8.69. The highest BCUT2D eigenvalue weighted by atomic mass is 35.5. The van der Waals surface area contributed by atoms with Crippen molar-refractivity contribution in [2.75, 3.05) is 33.2 Å². The smallest absolute Gasteiger partial charge is 0.234 e. The van der Waals surface area contributed by atoms with Crippen LogP contribution in [-0.2, 0) is 17.6 Å². The number of hydrogen-bond acceptors (Lipinski definition) is 3. The summed E-state index contributed by atoms with van der Waals surface area (Å²) in [7, 11) is 2.02. The van der Waals surface area contributed by atoms with Crippen LogP contribution in [0.5, 0.6) is 0 Å². The molecule has 3 rings (SSSR count). The van der Waals surface area contributed by atoms with Crippen LogP contribution in [0, 0.1) is 5.92 Å². The van der Waals surface area contributed by atoms with Gasteiger partial charge in [-0.15, -0.1) is 12.4 Å². The van der Waals surface area contributed by atoms with E-state index in [1.807, 2.05) is 7.05 Å². The van der Waals surface area contributed by atoms with Crippen molar-refractivity contribution in [3.05, 3.63) is 34.9 Å². The summed E-state index contributed by atoms with van der Waals surface area (Å²) in [6, 6.07) is 6.86. The van der Waals surface area contributed by atoms with E-state index in [9.17, 15) is 4.79 Å². The third-order valence-electron chi connectivity index (χ3n) is 6.13. The number of carbonyl (C=O) groups is 1. The standard InChI is InChI=1S/C22H35N3O.ClH/c1-17(20-8-7-19-5-3-4-6-21(19)15-20)24-22(26)16-25-13-10-18(11-14-25)9-12-23-2;/h7-8,15,17-18,23H,3-6,9-14,16H2,1-2H3,(H,24,26);1H. The lowest BCUT2D eigenvalue weighted by Crippen LogP contribution is -2.42. The molecule has 152 valence electrons. The maximum atomic E-state index is 12.5. The number of nitrogens with one attached hydrogen (secondary N) is 2. The molecule has 1 aromatic carbocycles. The van der Waals surface area contributed by atoms with Gasteiger partial charge in [0.05, 0.1) is 12.6 Å². The van der Waals surface area contributed by atoms with Crippen molar-refractivity contribution in [1.29, 1.82) is 0 Å². The maximum absolute atomic E-state index is 12.5. The molecular formula is C22H36ClN3O. The van der Waals surface area contributed by atoms with E-state index in [1.165, 1.54) is 61.6 Å². The summed E-state index contributed by atoms with van der Waals surface area (Å²) in [5, 5.41) is 6.44. The Morgan fingerprint density at radius 2 is 1.89 bits per heavy atom. The van der Waals surface area contributed by atoms with Gasteiger partial charge in [-0.1, -0.05) is 18.2 Å². The third kappa shape index (κ3) is 6.48. The number of aryl methyl sites for hydroxylation is 2. The van der Waals surface area contributed by atoms with Gasteiger partial charge in [0.1, 0.15) is 0 Å². The van der Waals surface area contributed by atoms with Crippen LogP contribution in [0.3, 0.4) is 0 Å². The molecule has 1 unspecified atom stereocenters. The minimum absolute atomic E-state index is 0. The predicted octanol–water partition coefficient (Wildman–Crippen LogP) is 3.49. The molecule has 1 aliphatic carbocycles. The van der Waals surface area contributed by atoms with E-state index >= 15 is 0 Å². The second-order valence-electron chi connectivity index (χ2n) is 8.14. The molecule has 1 heterocycles. The molecule has 5 heteroatoms. The summed E-state index contributed by atoms with van der Waals surface area (Å²) >= 11 is 0. The van der Waals surface area contributed by atoms with Gasteiger partial charge in [0.15, 0.2) is 0 Å². The minimum Gasteiger partial charge on any atom is -0.348 e. The summed E-state index contributed by atoms with van der Waals surface area (Å²) in [5.41, 5.74) is 4.22. The Labute approximate surface area is 170 Å². The molecule has 27 heavy (non-hydrogen) atoms. The Bertz CT molecular complexity index is 599. The number of amides is 1. The number of hydrogen-bond donors (Lipinski definition) is 2. The van der Waals surface area contributed by atoms with Crippen LogP contribution in [0.15, 0.2) is 18.2 Å². The Morgan fingerprint density at radius 3 is 2.59 bits per heavy atom. The molecule has 0 aromatic heterocycles. The second-order valence-corrected chi connectivity index (χ2v) is 8.14. The fourth-order valence-corrected chi connectivity index (χ4v) is 4.38. The Morgan fingerprint density at radius 1 is 1.19 bits per heavy atom. The van der Waals surface area contributed by atoms with Gasteiger partial charge in [-0.2, -0.15) is 0 Å². The number of fused-ring (bicyclic) bond motifs is 1. The van der Waals surface area contributed by atoms with E-state index in [0.717, 1.165) is 25.6 Å². The highest BCUT2D eigenvalue weighted by molar-refractivity contribution is 5.85. The van der Waals surface area contributed by atoms with E-state index in [1.54, 1.807) is 0 Å². The van der Waals surface area contributed by atoms with Gasteiger partial charge in [0, 0.05) is 0 Å². The molecule has 1 saturated heterocycles. The number of nitrogens with zero attached hydrogens (tertiary/aromatic N) is 1. The van der Waals surface area contributed by atoms with E-state index in [0.29, 0.717) is 6.54 Å². The van der Waals surface area contributed by atoms with Gasteiger partial charge in [0.2, 0.25) is 5.91 Å². The quantitative estimate of drug-likeness (QED) is 0.745. The normalized spacial score (nSPS) is 19.0. The first-order valence-corrected chi connectivity index (χ1v) is 10.4. The predicted molar refractivity (Wildman–Crippen MR) is 115 cm³/mol. The molecule has 1 aliphatic heterocycles. The van der Waals surface area contributed by atoms with Crippen molar-refractivity contribution in [1.82, 2.24) is 15.5 Å². The van der Waals surface area contributed by atoms with E-state index in [4.69, 9.17) is 0 Å². The van der Waals surface area contributed by atoms with Crippen molar-refractivity contribution >= 4 is 18.3 Å². The van der Waals surface area contributed by atoms with Crippen molar-refractivity contribution < 1.29 is 4.79 Å². The van der Waals surface area contributed by atoms with Gasteiger partial charge in [-0.3, -0.25) is 9.69 Å². The zero-order chi connectivity index (χ0) is 18.4. The Hall–Kier alpha value is -1.10. The largest absolute Gasteiger partial charge is 0.348 e. The van der Waals surface area contributed by atoms with Crippen molar-refractivity contribution in [3.63, 3.8) is 0 Å². The van der Waals surface area contributed by atoms with E-state index < -0.39 is 0 Å². The van der Waals surface area contributed by atoms with Crippen LogP contribution in [0.2, 0.25) is 0 Å². The zero-order valence-corrected chi connectivity index (χ0v) is 17.7. The summed E-state index contributed by atoms with van der Waals surface area (Å²) in [5.74, 6) is 0.972. The summed E-state index contributed by atoms with van der Waals surface area (Å²) < 4.78 is 0. The van der Waals surface area contributed by atoms with E-state index in [-0.39, 0.29) is 24.4 Å². The van der Waals surface area contributed by atoms with Crippen molar-refractivity contribution in [3.8, 4) is 0 Å². The molecule has 0 radical (unpaired) electrons. The first kappa shape index (κ1) is 22.2. The average Bonchev–Trinajstić information content (AvgIpc) is 2.67. The Balaban J connectivity index is 0.00000261. The second kappa shape index (κ2) is 11.0. The number of carbonyl (C=O) groups excluding carboxylic acids is 1. The fraction of sp³-hybridized carbons (Fsp3) is 0.682. The molecule has 4 nitrogen and oxygen atoms in total. The molecule has 1 atom stereocenters. The number of likely N-dealkylation sites (tertiary alicyclic amines) is 1. The molecular weight excluding hydrogens is 358 g/mol. The van der Waals surface area contributed by atoms with Crippen molar-refractivity contribution in [2.24, 2.45) is 5.92 Å². The van der Waals surface area contributed by atoms with Crippen molar-refractivity contribution in [2.45, 2.75) is 57.9 Å². The highest BCUT2D eigenvalue weighted by Gasteiger charge is 2.21. The fourth-order valence-electron chi connectivity index (χ4n) is 4.38. The zero-order valence-electron chi connectivity index (χ0n) is 16.9. The lowest BCUT2D eigenvalue weighted by molar-refractivity contribution is -0.123. The topological polar surface area (TPSA) is 44.4 Å². The molecule has 0 spiro atoms. The first-order valence-electron chi connectivity index (χ1n) is 10.4. The Kier molecular flexibility index (Phi) is 9.07. The third-order valence-corrected chi connectivity index (χ3v) is 6.13. The lowest BCUT2D eigenvalue weighted by atomic mass is 9.89. The van der Waals surface area contributed by atoms with Crippen LogP contribution in [0.25, 0.3) is 0 Å². The summed E-state index contributed by atoms with van der Waals surface area (Å²) in [4.78, 5) is 14.8. The van der Waals surface area contributed by atoms with Gasteiger partial charge in [-0.25, -0.2) is 0 Å². The number of benzene rings is 1. The van der Waals surface area contributed by atoms with Gasteiger partial charge >= 0.3 is 0 Å². The molecule has 1 aromatic rings. The minimum atomic E-state index is 0. The van der Waals surface area contributed by atoms with Crippen LogP contribution >= 0.6 is 12.4 Å². The van der Waals surface area contributed by atoms with Crippen LogP contribution in [0.4, 0.5) is 0 Å². The SMILES string of the molecule is CNCCC1CCN(CC(=O)NC(C)c2ccc3c(c2)CCCC3)CC1.Cl. The molecule has 2 aliphatic rings. The monoisotopic (exact) mass is 393 g/mol. The lowest BCUT2D eigenvalue weighted by Gasteiger charge is -2.31. The number of halogens is 1. The number of rotatable bonds is 7. The maximum Gasteiger partial charge on any atom is 0.234 e. The first-order chi connectivity index (χ1) is 12.7. The number of piperidine rings is 1. The molecule has 0 saturated carbocycles. The van der Waals surface area contributed by atoms with Crippen LogP contribution in [0.1, 0.15) is 61.8 Å². The molecule has 1 amide bonds. The molecule has 1 fully saturated rings. The van der Waals surface area contributed by atoms with Gasteiger partial charge in [0.25, 0.3) is 0 Å². The highest BCUT2D eigenvalue weighted by Crippen LogP contribution is 2.25. The van der Waals surface area contributed by atoms with Gasteiger partial charge < -0.3 is 10.6 Å². The van der Waals surface area contributed by atoms with E-state index in [2.05, 4.69) is 40.7 Å². The molecule has 0 bridgehead atoms. The van der Waals surface area contributed by atoms with Gasteiger partial charge in [-0.05, 0) is 101 Å². The molecule has 2 N–H and O–H groups in total. The van der Waals surface area contributed by atoms with Crippen LogP contribution in [-0.4, -0.2) is 44.0 Å². The van der Waals surface area contributed by atoms with Crippen LogP contribution < -0.4 is 10.6 Å². The average molecular weight is 394 g/mol. The summed E-state index contributed by atoms with van der Waals surface area (Å²) in [6.45, 7) is 5.84.